The van der Waals surface area contributed by atoms with Crippen molar-refractivity contribution < 1.29 is 14.3 Å². The van der Waals surface area contributed by atoms with Crippen LogP contribution in [0.2, 0.25) is 0 Å². The fourth-order valence-corrected chi connectivity index (χ4v) is 2.40. The third-order valence-corrected chi connectivity index (χ3v) is 3.37. The Hall–Kier alpha value is -0.940. The van der Waals surface area contributed by atoms with E-state index in [9.17, 15) is 9.59 Å². The molecule has 1 heterocycles. The van der Waals surface area contributed by atoms with Crippen molar-refractivity contribution in [3.8, 4) is 0 Å². The Labute approximate surface area is 115 Å². The highest BCUT2D eigenvalue weighted by atomic mass is 16.5. The molecule has 5 nitrogen and oxygen atoms in total. The number of hydrogen-bond acceptors (Lipinski definition) is 4. The third-order valence-electron chi connectivity index (χ3n) is 3.37. The molecule has 19 heavy (non-hydrogen) atoms. The second-order valence-electron chi connectivity index (χ2n) is 5.73. The van der Waals surface area contributed by atoms with Crippen LogP contribution in [-0.4, -0.2) is 55.5 Å². The van der Waals surface area contributed by atoms with Crippen molar-refractivity contribution in [1.29, 1.82) is 0 Å². The summed E-state index contributed by atoms with van der Waals surface area (Å²) in [5.41, 5.74) is 0. The van der Waals surface area contributed by atoms with Crippen LogP contribution < -0.4 is 5.32 Å². The zero-order chi connectivity index (χ0) is 14.4. The Morgan fingerprint density at radius 2 is 2.11 bits per heavy atom. The summed E-state index contributed by atoms with van der Waals surface area (Å²) in [6.07, 6.45) is 2.41. The van der Waals surface area contributed by atoms with Crippen molar-refractivity contribution in [2.24, 2.45) is 5.92 Å². The van der Waals surface area contributed by atoms with E-state index in [-0.39, 0.29) is 29.8 Å². The molecule has 1 amide bonds. The Balaban J connectivity index is 2.34. The van der Waals surface area contributed by atoms with Crippen molar-refractivity contribution in [3.05, 3.63) is 0 Å². The topological polar surface area (TPSA) is 58.6 Å². The summed E-state index contributed by atoms with van der Waals surface area (Å²) in [7, 11) is 1.90. The molecule has 2 unspecified atom stereocenters. The molecular formula is C14H26N2O3. The van der Waals surface area contributed by atoms with Gasteiger partial charge in [0.05, 0.1) is 18.7 Å². The number of likely N-dealkylation sites (N-methyl/N-ethyl adjacent to an activating group) is 1. The second-order valence-corrected chi connectivity index (χ2v) is 5.73. The first kappa shape index (κ1) is 16.1. The summed E-state index contributed by atoms with van der Waals surface area (Å²) < 4.78 is 5.54. The molecule has 1 rings (SSSR count). The molecule has 1 saturated heterocycles. The van der Waals surface area contributed by atoms with E-state index in [4.69, 9.17) is 4.74 Å². The van der Waals surface area contributed by atoms with Gasteiger partial charge in [-0.15, -0.1) is 0 Å². The van der Waals surface area contributed by atoms with Crippen LogP contribution in [0.3, 0.4) is 0 Å². The van der Waals surface area contributed by atoms with Crippen LogP contribution in [0.5, 0.6) is 0 Å². The summed E-state index contributed by atoms with van der Waals surface area (Å²) in [6.45, 7) is 7.27. The van der Waals surface area contributed by atoms with Gasteiger partial charge in [-0.25, -0.2) is 0 Å². The van der Waals surface area contributed by atoms with E-state index in [0.29, 0.717) is 6.54 Å². The van der Waals surface area contributed by atoms with Gasteiger partial charge in [-0.2, -0.15) is 0 Å². The minimum absolute atomic E-state index is 0.00475. The molecule has 110 valence electrons. The van der Waals surface area contributed by atoms with E-state index in [0.717, 1.165) is 26.0 Å². The molecule has 0 aromatic rings. The van der Waals surface area contributed by atoms with Gasteiger partial charge in [0.2, 0.25) is 5.91 Å². The molecule has 0 saturated carbocycles. The van der Waals surface area contributed by atoms with Crippen LogP contribution in [0.1, 0.15) is 33.6 Å². The summed E-state index contributed by atoms with van der Waals surface area (Å²) in [4.78, 5) is 25.3. The Morgan fingerprint density at radius 3 is 2.58 bits per heavy atom. The average Bonchev–Trinajstić information content (AvgIpc) is 2.77. The number of rotatable bonds is 7. The van der Waals surface area contributed by atoms with Gasteiger partial charge in [-0.3, -0.25) is 14.5 Å². The molecule has 0 aliphatic carbocycles. The number of carbonyl (C=O) groups is 2. The molecule has 0 aromatic heterocycles. The van der Waals surface area contributed by atoms with E-state index in [2.05, 4.69) is 5.32 Å². The first-order chi connectivity index (χ1) is 8.90. The standard InChI is InChI=1S/C14H26N2O3/c1-10(2)14(11(3)17)15-13(18)9-16(4)8-12-6-5-7-19-12/h10,12,14H,5-9H2,1-4H3,(H,15,18). The molecule has 0 radical (unpaired) electrons. The molecule has 1 aliphatic rings. The van der Waals surface area contributed by atoms with Crippen LogP contribution in [0, 0.1) is 5.92 Å². The zero-order valence-electron chi connectivity index (χ0n) is 12.4. The highest BCUT2D eigenvalue weighted by Crippen LogP contribution is 2.12. The molecule has 1 aliphatic heterocycles. The van der Waals surface area contributed by atoms with E-state index in [1.165, 1.54) is 6.92 Å². The van der Waals surface area contributed by atoms with Gasteiger partial charge in [0.15, 0.2) is 5.78 Å². The van der Waals surface area contributed by atoms with Crippen molar-refractivity contribution in [2.45, 2.75) is 45.8 Å². The highest BCUT2D eigenvalue weighted by Gasteiger charge is 2.22. The monoisotopic (exact) mass is 270 g/mol. The zero-order valence-corrected chi connectivity index (χ0v) is 12.4. The number of hydrogen-bond donors (Lipinski definition) is 1. The lowest BCUT2D eigenvalue weighted by Gasteiger charge is -2.23. The first-order valence-corrected chi connectivity index (χ1v) is 7.00. The summed E-state index contributed by atoms with van der Waals surface area (Å²) in [5, 5.41) is 2.80. The molecule has 0 bridgehead atoms. The maximum Gasteiger partial charge on any atom is 0.234 e. The second kappa shape index (κ2) is 7.60. The molecule has 0 aromatic carbocycles. The fourth-order valence-electron chi connectivity index (χ4n) is 2.40. The number of carbonyl (C=O) groups excluding carboxylic acids is 2. The highest BCUT2D eigenvalue weighted by molar-refractivity contribution is 5.88. The lowest BCUT2D eigenvalue weighted by atomic mass is 10.0. The van der Waals surface area contributed by atoms with Gasteiger partial charge >= 0.3 is 0 Å². The maximum atomic E-state index is 11.9. The average molecular weight is 270 g/mol. The van der Waals surface area contributed by atoms with Crippen LogP contribution >= 0.6 is 0 Å². The summed E-state index contributed by atoms with van der Waals surface area (Å²) in [6, 6.07) is -0.386. The van der Waals surface area contributed by atoms with E-state index >= 15 is 0 Å². The van der Waals surface area contributed by atoms with Gasteiger partial charge in [0, 0.05) is 13.2 Å². The lowest BCUT2D eigenvalue weighted by molar-refractivity contribution is -0.128. The quantitative estimate of drug-likeness (QED) is 0.744. The molecule has 2 atom stereocenters. The molecule has 1 fully saturated rings. The third kappa shape index (κ3) is 5.70. The van der Waals surface area contributed by atoms with Crippen LogP contribution in [0.4, 0.5) is 0 Å². The molecule has 0 spiro atoms. The normalized spacial score (nSPS) is 20.8. The van der Waals surface area contributed by atoms with E-state index in [1.54, 1.807) is 0 Å². The molecule has 5 heteroatoms. The molecule has 1 N–H and O–H groups in total. The minimum Gasteiger partial charge on any atom is -0.377 e. The van der Waals surface area contributed by atoms with E-state index < -0.39 is 0 Å². The van der Waals surface area contributed by atoms with Gasteiger partial charge in [-0.1, -0.05) is 13.8 Å². The van der Waals surface area contributed by atoms with Gasteiger partial charge in [0.25, 0.3) is 0 Å². The number of nitrogens with zero attached hydrogens (tertiary/aromatic N) is 1. The maximum absolute atomic E-state index is 11.9. The summed E-state index contributed by atoms with van der Waals surface area (Å²) in [5.74, 6) is 0.0180. The number of ether oxygens (including phenoxy) is 1. The van der Waals surface area contributed by atoms with Gasteiger partial charge in [-0.05, 0) is 32.7 Å². The first-order valence-electron chi connectivity index (χ1n) is 7.00. The van der Waals surface area contributed by atoms with Crippen LogP contribution in [0.25, 0.3) is 0 Å². The fraction of sp³-hybridized carbons (Fsp3) is 0.857. The number of Topliss-reactive ketones (excluding diaryl/α,β-unsaturated/α-hetero) is 1. The van der Waals surface area contributed by atoms with Crippen molar-refractivity contribution >= 4 is 11.7 Å². The van der Waals surface area contributed by atoms with Gasteiger partial charge in [0.1, 0.15) is 0 Å². The Kier molecular flexibility index (Phi) is 6.45. The molecular weight excluding hydrogens is 244 g/mol. The van der Waals surface area contributed by atoms with Crippen molar-refractivity contribution in [1.82, 2.24) is 10.2 Å². The van der Waals surface area contributed by atoms with Crippen molar-refractivity contribution in [3.63, 3.8) is 0 Å². The predicted molar refractivity (Wildman–Crippen MR) is 73.9 cm³/mol. The smallest absolute Gasteiger partial charge is 0.234 e. The van der Waals surface area contributed by atoms with Crippen LogP contribution in [0.15, 0.2) is 0 Å². The largest absolute Gasteiger partial charge is 0.377 e. The van der Waals surface area contributed by atoms with E-state index in [1.807, 2.05) is 25.8 Å². The number of amides is 1. The predicted octanol–water partition coefficient (Wildman–Crippen LogP) is 0.827. The summed E-state index contributed by atoms with van der Waals surface area (Å²) >= 11 is 0. The lowest BCUT2D eigenvalue weighted by Crippen LogP contribution is -2.47. The number of nitrogens with one attached hydrogen (secondary N) is 1. The van der Waals surface area contributed by atoms with Crippen molar-refractivity contribution in [2.75, 3.05) is 26.7 Å². The minimum atomic E-state index is -0.386. The Morgan fingerprint density at radius 1 is 1.42 bits per heavy atom. The SMILES string of the molecule is CC(=O)C(NC(=O)CN(C)CC1CCCO1)C(C)C. The number of ketones is 1. The van der Waals surface area contributed by atoms with Gasteiger partial charge < -0.3 is 10.1 Å². The van der Waals surface area contributed by atoms with Crippen LogP contribution in [-0.2, 0) is 14.3 Å². The Bertz CT molecular complexity index is 312.